The summed E-state index contributed by atoms with van der Waals surface area (Å²) in [5, 5.41) is 0.788. The molecule has 1 aliphatic rings. The molecule has 31 heavy (non-hydrogen) atoms. The van der Waals surface area contributed by atoms with E-state index in [-0.39, 0.29) is 5.91 Å². The summed E-state index contributed by atoms with van der Waals surface area (Å²) in [5.74, 6) is 1.71. The van der Waals surface area contributed by atoms with Crippen molar-refractivity contribution in [3.8, 4) is 0 Å². The van der Waals surface area contributed by atoms with Gasteiger partial charge in [-0.2, -0.15) is 0 Å². The standard InChI is InChI=1S/C25H35ClN4O/c1-18(2)15-23-16-24(28-19(3)27-23)25(31)29(4)17-21-10-13-30(14-11-21)12-9-20-5-7-22(26)8-6-20/h5-8,16,18,21H,9-15,17H2,1-4H3. The van der Waals surface area contributed by atoms with Crippen LogP contribution in [-0.4, -0.2) is 58.9 Å². The van der Waals surface area contributed by atoms with Crippen molar-refractivity contribution >= 4 is 17.5 Å². The van der Waals surface area contributed by atoms with Crippen molar-refractivity contribution in [2.24, 2.45) is 11.8 Å². The lowest BCUT2D eigenvalue weighted by Crippen LogP contribution is -2.40. The molecule has 0 radical (unpaired) electrons. The minimum Gasteiger partial charge on any atom is -0.340 e. The first-order valence-electron chi connectivity index (χ1n) is 11.4. The molecule has 1 fully saturated rings. The number of amides is 1. The second-order valence-electron chi connectivity index (χ2n) is 9.24. The van der Waals surface area contributed by atoms with E-state index in [1.165, 1.54) is 5.56 Å². The Labute approximate surface area is 191 Å². The Balaban J connectivity index is 1.47. The highest BCUT2D eigenvalue weighted by atomic mass is 35.5. The Morgan fingerprint density at radius 3 is 2.52 bits per heavy atom. The van der Waals surface area contributed by atoms with E-state index in [0.717, 1.165) is 62.6 Å². The predicted octanol–water partition coefficient (Wildman–Crippen LogP) is 4.66. The quantitative estimate of drug-likeness (QED) is 0.596. The van der Waals surface area contributed by atoms with Crippen LogP contribution in [0.15, 0.2) is 30.3 Å². The van der Waals surface area contributed by atoms with E-state index >= 15 is 0 Å². The van der Waals surface area contributed by atoms with Crippen LogP contribution in [0.3, 0.4) is 0 Å². The van der Waals surface area contributed by atoms with Crippen molar-refractivity contribution in [2.45, 2.75) is 46.5 Å². The highest BCUT2D eigenvalue weighted by molar-refractivity contribution is 6.30. The van der Waals surface area contributed by atoms with Crippen molar-refractivity contribution in [3.63, 3.8) is 0 Å². The molecule has 3 rings (SSSR count). The maximum atomic E-state index is 13.0. The molecule has 0 spiro atoms. The lowest BCUT2D eigenvalue weighted by atomic mass is 9.96. The van der Waals surface area contributed by atoms with E-state index in [1.54, 1.807) is 0 Å². The number of piperidine rings is 1. The summed E-state index contributed by atoms with van der Waals surface area (Å²) in [6, 6.07) is 10.0. The summed E-state index contributed by atoms with van der Waals surface area (Å²) in [6.45, 7) is 10.2. The fraction of sp³-hybridized carbons (Fsp3) is 0.560. The first-order chi connectivity index (χ1) is 14.8. The van der Waals surface area contributed by atoms with Crippen LogP contribution >= 0.6 is 11.6 Å². The van der Waals surface area contributed by atoms with Crippen LogP contribution in [0.5, 0.6) is 0 Å². The summed E-state index contributed by atoms with van der Waals surface area (Å²) in [7, 11) is 1.90. The molecule has 0 N–H and O–H groups in total. The van der Waals surface area contributed by atoms with Crippen molar-refractivity contribution in [1.82, 2.24) is 19.8 Å². The van der Waals surface area contributed by atoms with Crippen LogP contribution in [0.1, 0.15) is 54.3 Å². The number of carbonyl (C=O) groups excluding carboxylic acids is 1. The van der Waals surface area contributed by atoms with Gasteiger partial charge < -0.3 is 9.80 Å². The van der Waals surface area contributed by atoms with E-state index < -0.39 is 0 Å². The second-order valence-corrected chi connectivity index (χ2v) is 9.67. The highest BCUT2D eigenvalue weighted by Gasteiger charge is 2.23. The van der Waals surface area contributed by atoms with E-state index in [4.69, 9.17) is 11.6 Å². The number of halogens is 1. The average Bonchev–Trinajstić information content (AvgIpc) is 2.73. The molecule has 0 unspecified atom stereocenters. The zero-order valence-electron chi connectivity index (χ0n) is 19.3. The maximum absolute atomic E-state index is 13.0. The van der Waals surface area contributed by atoms with Crippen LogP contribution in [0, 0.1) is 18.8 Å². The van der Waals surface area contributed by atoms with Gasteiger partial charge in [0.05, 0.1) is 0 Å². The largest absolute Gasteiger partial charge is 0.340 e. The SMILES string of the molecule is Cc1nc(CC(C)C)cc(C(=O)N(C)CC2CCN(CCc3ccc(Cl)cc3)CC2)n1. The molecule has 5 nitrogen and oxygen atoms in total. The van der Waals surface area contributed by atoms with Gasteiger partial charge in [-0.15, -0.1) is 0 Å². The molecule has 1 aliphatic heterocycles. The third-order valence-corrected chi connectivity index (χ3v) is 6.20. The molecule has 168 valence electrons. The number of rotatable bonds is 8. The fourth-order valence-electron chi connectivity index (χ4n) is 4.26. The molecule has 1 saturated heterocycles. The summed E-state index contributed by atoms with van der Waals surface area (Å²) < 4.78 is 0. The molecule has 1 aromatic carbocycles. The number of benzene rings is 1. The number of hydrogen-bond donors (Lipinski definition) is 0. The van der Waals surface area contributed by atoms with Gasteiger partial charge in [0.2, 0.25) is 0 Å². The van der Waals surface area contributed by atoms with Crippen LogP contribution in [0.2, 0.25) is 5.02 Å². The fourth-order valence-corrected chi connectivity index (χ4v) is 4.38. The van der Waals surface area contributed by atoms with E-state index in [0.29, 0.717) is 23.4 Å². The van der Waals surface area contributed by atoms with E-state index in [1.807, 2.05) is 37.1 Å². The molecule has 0 saturated carbocycles. The van der Waals surface area contributed by atoms with Gasteiger partial charge in [0.25, 0.3) is 5.91 Å². The number of likely N-dealkylation sites (tertiary alicyclic amines) is 1. The first kappa shape index (κ1) is 23.7. The van der Waals surface area contributed by atoms with Gasteiger partial charge in [-0.05, 0) is 81.3 Å². The van der Waals surface area contributed by atoms with Gasteiger partial charge in [0.15, 0.2) is 0 Å². The van der Waals surface area contributed by atoms with Gasteiger partial charge in [-0.1, -0.05) is 37.6 Å². The monoisotopic (exact) mass is 442 g/mol. The maximum Gasteiger partial charge on any atom is 0.272 e. The average molecular weight is 443 g/mol. The number of carbonyl (C=O) groups is 1. The van der Waals surface area contributed by atoms with Crippen molar-refractivity contribution < 1.29 is 4.79 Å². The summed E-state index contributed by atoms with van der Waals surface area (Å²) >= 11 is 5.97. The Bertz CT molecular complexity index is 860. The number of nitrogens with zero attached hydrogens (tertiary/aromatic N) is 4. The Morgan fingerprint density at radius 2 is 1.87 bits per heavy atom. The van der Waals surface area contributed by atoms with E-state index in [9.17, 15) is 4.79 Å². The summed E-state index contributed by atoms with van der Waals surface area (Å²) in [5.41, 5.74) is 2.80. The lowest BCUT2D eigenvalue weighted by Gasteiger charge is -2.33. The van der Waals surface area contributed by atoms with Crippen molar-refractivity contribution in [1.29, 1.82) is 0 Å². The molecule has 6 heteroatoms. The molecular formula is C25H35ClN4O. The summed E-state index contributed by atoms with van der Waals surface area (Å²) in [4.78, 5) is 26.2. The van der Waals surface area contributed by atoms with Gasteiger partial charge in [0, 0.05) is 30.9 Å². The molecule has 0 atom stereocenters. The lowest BCUT2D eigenvalue weighted by molar-refractivity contribution is 0.0734. The predicted molar refractivity (Wildman–Crippen MR) is 127 cm³/mol. The van der Waals surface area contributed by atoms with Crippen LogP contribution in [-0.2, 0) is 12.8 Å². The molecular weight excluding hydrogens is 408 g/mol. The van der Waals surface area contributed by atoms with E-state index in [2.05, 4.69) is 40.8 Å². The molecule has 2 heterocycles. The minimum absolute atomic E-state index is 0.000624. The number of hydrogen-bond acceptors (Lipinski definition) is 4. The summed E-state index contributed by atoms with van der Waals surface area (Å²) in [6.07, 6.45) is 4.16. The third-order valence-electron chi connectivity index (χ3n) is 5.94. The van der Waals surface area contributed by atoms with Gasteiger partial charge in [-0.25, -0.2) is 9.97 Å². The van der Waals surface area contributed by atoms with Gasteiger partial charge in [-0.3, -0.25) is 4.79 Å². The Morgan fingerprint density at radius 1 is 1.19 bits per heavy atom. The smallest absolute Gasteiger partial charge is 0.272 e. The van der Waals surface area contributed by atoms with Crippen LogP contribution in [0.25, 0.3) is 0 Å². The van der Waals surface area contributed by atoms with Crippen molar-refractivity contribution in [3.05, 3.63) is 58.1 Å². The Kier molecular flexibility index (Phi) is 8.44. The minimum atomic E-state index is 0.000624. The zero-order valence-corrected chi connectivity index (χ0v) is 20.0. The Hall–Kier alpha value is -1.98. The number of aryl methyl sites for hydroxylation is 1. The van der Waals surface area contributed by atoms with Gasteiger partial charge >= 0.3 is 0 Å². The molecule has 0 bridgehead atoms. The third kappa shape index (κ3) is 7.29. The first-order valence-corrected chi connectivity index (χ1v) is 11.7. The zero-order chi connectivity index (χ0) is 22.4. The molecule has 0 aliphatic carbocycles. The highest BCUT2D eigenvalue weighted by Crippen LogP contribution is 2.20. The van der Waals surface area contributed by atoms with Crippen molar-refractivity contribution in [2.75, 3.05) is 33.2 Å². The second kappa shape index (κ2) is 11.1. The van der Waals surface area contributed by atoms with Crippen LogP contribution < -0.4 is 0 Å². The topological polar surface area (TPSA) is 49.3 Å². The molecule has 1 aromatic heterocycles. The molecule has 1 amide bonds. The number of aromatic nitrogens is 2. The van der Waals surface area contributed by atoms with Crippen LogP contribution in [0.4, 0.5) is 0 Å². The van der Waals surface area contributed by atoms with Gasteiger partial charge in [0.1, 0.15) is 11.5 Å². The normalized spacial score (nSPS) is 15.4. The molecule has 2 aromatic rings.